The Balaban J connectivity index is 2.91. The summed E-state index contributed by atoms with van der Waals surface area (Å²) in [6, 6.07) is 1.25. The number of hydrogen-bond acceptors (Lipinski definition) is 4. The molecule has 1 aromatic rings. The number of carbonyl (C=O) groups is 1. The maximum Gasteiger partial charge on any atom is 0.287 e. The van der Waals surface area contributed by atoms with Crippen molar-refractivity contribution < 1.29 is 14.8 Å². The molecule has 1 rings (SSSR count). The second-order valence-electron chi connectivity index (χ2n) is 5.03. The van der Waals surface area contributed by atoms with Crippen molar-refractivity contribution in [2.24, 2.45) is 0 Å². The van der Waals surface area contributed by atoms with Crippen molar-refractivity contribution in [1.82, 2.24) is 9.88 Å². The number of amides is 1. The van der Waals surface area contributed by atoms with Gasteiger partial charge in [-0.05, 0) is 20.3 Å². The SMILES string of the molecule is CCCn1cc([N+](=O)[O-])cc1C(=O)NCC(C)(C)O. The van der Waals surface area contributed by atoms with E-state index in [1.54, 1.807) is 18.4 Å². The molecule has 7 heteroatoms. The number of nitro groups is 1. The molecule has 0 fully saturated rings. The van der Waals surface area contributed by atoms with E-state index in [1.165, 1.54) is 12.3 Å². The molecule has 0 saturated heterocycles. The fraction of sp³-hybridized carbons (Fsp3) is 0.583. The molecule has 0 aliphatic carbocycles. The summed E-state index contributed by atoms with van der Waals surface area (Å²) in [6.45, 7) is 5.67. The van der Waals surface area contributed by atoms with E-state index in [-0.39, 0.29) is 17.9 Å². The highest BCUT2D eigenvalue weighted by molar-refractivity contribution is 5.93. The normalized spacial score (nSPS) is 11.4. The zero-order valence-corrected chi connectivity index (χ0v) is 11.3. The molecule has 0 aliphatic rings. The molecule has 0 aliphatic heterocycles. The van der Waals surface area contributed by atoms with Crippen molar-refractivity contribution in [2.45, 2.75) is 39.3 Å². The van der Waals surface area contributed by atoms with Gasteiger partial charge in [0.2, 0.25) is 0 Å². The van der Waals surface area contributed by atoms with E-state index in [9.17, 15) is 20.0 Å². The number of aromatic nitrogens is 1. The van der Waals surface area contributed by atoms with Gasteiger partial charge in [0.15, 0.2) is 0 Å². The monoisotopic (exact) mass is 269 g/mol. The lowest BCUT2D eigenvalue weighted by molar-refractivity contribution is -0.384. The summed E-state index contributed by atoms with van der Waals surface area (Å²) in [4.78, 5) is 22.2. The van der Waals surface area contributed by atoms with Crippen LogP contribution in [0.5, 0.6) is 0 Å². The van der Waals surface area contributed by atoms with Crippen molar-refractivity contribution in [3.8, 4) is 0 Å². The van der Waals surface area contributed by atoms with Crippen molar-refractivity contribution in [3.05, 3.63) is 28.1 Å². The fourth-order valence-corrected chi connectivity index (χ4v) is 1.60. The van der Waals surface area contributed by atoms with Gasteiger partial charge in [-0.15, -0.1) is 0 Å². The Kier molecular flexibility index (Phi) is 4.66. The maximum absolute atomic E-state index is 12.0. The Bertz CT molecular complexity index is 474. The Labute approximate surface area is 111 Å². The number of rotatable bonds is 6. The third-order valence-electron chi connectivity index (χ3n) is 2.47. The highest BCUT2D eigenvalue weighted by Crippen LogP contribution is 2.17. The van der Waals surface area contributed by atoms with Gasteiger partial charge in [0, 0.05) is 19.2 Å². The van der Waals surface area contributed by atoms with Gasteiger partial charge in [-0.1, -0.05) is 6.92 Å². The molecule has 7 nitrogen and oxygen atoms in total. The molecule has 2 N–H and O–H groups in total. The average molecular weight is 269 g/mol. The molecule has 0 spiro atoms. The van der Waals surface area contributed by atoms with Crippen LogP contribution >= 0.6 is 0 Å². The summed E-state index contributed by atoms with van der Waals surface area (Å²) in [5.74, 6) is -0.427. The molecule has 0 atom stereocenters. The lowest BCUT2D eigenvalue weighted by Gasteiger charge is -2.17. The highest BCUT2D eigenvalue weighted by Gasteiger charge is 2.21. The van der Waals surface area contributed by atoms with E-state index in [4.69, 9.17) is 0 Å². The zero-order valence-electron chi connectivity index (χ0n) is 11.3. The molecule has 19 heavy (non-hydrogen) atoms. The van der Waals surface area contributed by atoms with Gasteiger partial charge in [0.25, 0.3) is 11.6 Å². The summed E-state index contributed by atoms with van der Waals surface area (Å²) in [5.41, 5.74) is -0.899. The predicted octanol–water partition coefficient (Wildman–Crippen LogP) is 1.31. The Morgan fingerprint density at radius 3 is 2.68 bits per heavy atom. The van der Waals surface area contributed by atoms with E-state index in [2.05, 4.69) is 5.32 Å². The van der Waals surface area contributed by atoms with Crippen LogP contribution < -0.4 is 5.32 Å². The number of carbonyl (C=O) groups excluding carboxylic acids is 1. The molecule has 106 valence electrons. The van der Waals surface area contributed by atoms with Gasteiger partial charge < -0.3 is 15.0 Å². The lowest BCUT2D eigenvalue weighted by atomic mass is 10.1. The van der Waals surface area contributed by atoms with Crippen molar-refractivity contribution >= 4 is 11.6 Å². The minimum Gasteiger partial charge on any atom is -0.389 e. The first-order valence-electron chi connectivity index (χ1n) is 6.09. The second-order valence-corrected chi connectivity index (χ2v) is 5.03. The Morgan fingerprint density at radius 2 is 2.21 bits per heavy atom. The van der Waals surface area contributed by atoms with E-state index in [0.29, 0.717) is 6.54 Å². The first-order valence-corrected chi connectivity index (χ1v) is 6.09. The average Bonchev–Trinajstić information content (AvgIpc) is 2.70. The van der Waals surface area contributed by atoms with Crippen LogP contribution in [0, 0.1) is 10.1 Å². The van der Waals surface area contributed by atoms with E-state index in [0.717, 1.165) is 6.42 Å². The van der Waals surface area contributed by atoms with Crippen molar-refractivity contribution in [3.63, 3.8) is 0 Å². The van der Waals surface area contributed by atoms with Crippen molar-refractivity contribution in [1.29, 1.82) is 0 Å². The molecular weight excluding hydrogens is 250 g/mol. The summed E-state index contributed by atoms with van der Waals surface area (Å²) >= 11 is 0. The topological polar surface area (TPSA) is 97.4 Å². The van der Waals surface area contributed by atoms with E-state index >= 15 is 0 Å². The van der Waals surface area contributed by atoms with Crippen LogP contribution in [0.1, 0.15) is 37.7 Å². The van der Waals surface area contributed by atoms with Crippen LogP contribution in [0.15, 0.2) is 12.3 Å². The Hall–Kier alpha value is -1.89. The summed E-state index contributed by atoms with van der Waals surface area (Å²) < 4.78 is 1.55. The fourth-order valence-electron chi connectivity index (χ4n) is 1.60. The minimum atomic E-state index is -1.02. The smallest absolute Gasteiger partial charge is 0.287 e. The summed E-state index contributed by atoms with van der Waals surface area (Å²) in [5, 5.41) is 22.8. The number of aliphatic hydroxyl groups is 1. The number of nitrogens with one attached hydrogen (secondary N) is 1. The third kappa shape index (κ3) is 4.36. The summed E-state index contributed by atoms with van der Waals surface area (Å²) in [6.07, 6.45) is 2.11. The third-order valence-corrected chi connectivity index (χ3v) is 2.47. The maximum atomic E-state index is 12.0. The molecule has 0 bridgehead atoms. The molecule has 0 saturated carbocycles. The first kappa shape index (κ1) is 15.2. The lowest BCUT2D eigenvalue weighted by Crippen LogP contribution is -2.38. The quantitative estimate of drug-likeness (QED) is 0.601. The molecule has 0 unspecified atom stereocenters. The number of nitrogens with zero attached hydrogens (tertiary/aromatic N) is 2. The minimum absolute atomic E-state index is 0.0803. The van der Waals surface area contributed by atoms with Crippen LogP contribution in [0.4, 0.5) is 5.69 Å². The standard InChI is InChI=1S/C12H19N3O4/c1-4-5-14-7-9(15(18)19)6-10(14)11(16)13-8-12(2,3)17/h6-7,17H,4-5,8H2,1-3H3,(H,13,16). The molecule has 1 amide bonds. The highest BCUT2D eigenvalue weighted by atomic mass is 16.6. The van der Waals surface area contributed by atoms with Gasteiger partial charge >= 0.3 is 0 Å². The van der Waals surface area contributed by atoms with Gasteiger partial charge in [0.05, 0.1) is 16.7 Å². The largest absolute Gasteiger partial charge is 0.389 e. The van der Waals surface area contributed by atoms with Crippen LogP contribution in [0.25, 0.3) is 0 Å². The predicted molar refractivity (Wildman–Crippen MR) is 70.0 cm³/mol. The van der Waals surface area contributed by atoms with E-state index in [1.807, 2.05) is 6.92 Å². The molecular formula is C12H19N3O4. The van der Waals surface area contributed by atoms with Gasteiger partial charge in [-0.25, -0.2) is 0 Å². The van der Waals surface area contributed by atoms with Crippen LogP contribution in [-0.4, -0.2) is 32.6 Å². The first-order chi connectivity index (χ1) is 8.74. The van der Waals surface area contributed by atoms with Crippen LogP contribution in [-0.2, 0) is 6.54 Å². The van der Waals surface area contributed by atoms with Gasteiger partial charge in [-0.2, -0.15) is 0 Å². The van der Waals surface area contributed by atoms with Gasteiger partial charge in [0.1, 0.15) is 5.69 Å². The molecule has 0 radical (unpaired) electrons. The second kappa shape index (κ2) is 5.83. The van der Waals surface area contributed by atoms with Crippen LogP contribution in [0.3, 0.4) is 0 Å². The number of hydrogen-bond donors (Lipinski definition) is 2. The van der Waals surface area contributed by atoms with Crippen LogP contribution in [0.2, 0.25) is 0 Å². The Morgan fingerprint density at radius 1 is 1.58 bits per heavy atom. The molecule has 0 aromatic carbocycles. The summed E-state index contributed by atoms with van der Waals surface area (Å²) in [7, 11) is 0. The van der Waals surface area contributed by atoms with Crippen molar-refractivity contribution in [2.75, 3.05) is 6.54 Å². The zero-order chi connectivity index (χ0) is 14.6. The van der Waals surface area contributed by atoms with Gasteiger partial charge in [-0.3, -0.25) is 14.9 Å². The molecule has 1 heterocycles. The molecule has 1 aromatic heterocycles. The number of aryl methyl sites for hydroxylation is 1. The van der Waals surface area contributed by atoms with E-state index < -0.39 is 16.4 Å².